The molecular formula is C18H22N4O4S. The SMILES string of the molecule is CCCNC(=O)c1csc(CN(CCC)C(=O)c2cccc([N+](=O)[O-])c2)n1. The first-order chi connectivity index (χ1) is 13.0. The third-order valence-corrected chi connectivity index (χ3v) is 4.56. The molecule has 0 unspecified atom stereocenters. The first-order valence-electron chi connectivity index (χ1n) is 8.72. The average Bonchev–Trinajstić information content (AvgIpc) is 3.14. The summed E-state index contributed by atoms with van der Waals surface area (Å²) in [6.07, 6.45) is 1.57. The Kier molecular flexibility index (Phi) is 7.42. The van der Waals surface area contributed by atoms with E-state index in [1.165, 1.54) is 29.5 Å². The second kappa shape index (κ2) is 9.77. The molecule has 8 nitrogen and oxygen atoms in total. The van der Waals surface area contributed by atoms with Gasteiger partial charge < -0.3 is 10.2 Å². The van der Waals surface area contributed by atoms with Gasteiger partial charge in [-0.3, -0.25) is 19.7 Å². The zero-order valence-electron chi connectivity index (χ0n) is 15.3. The standard InChI is InChI=1S/C18H22N4O4S/c1-3-8-19-17(23)15-12-27-16(20-15)11-21(9-4-2)18(24)13-6-5-7-14(10-13)22(25)26/h5-7,10,12H,3-4,8-9,11H2,1-2H3,(H,19,23). The molecule has 2 amide bonds. The van der Waals surface area contributed by atoms with E-state index < -0.39 is 4.92 Å². The minimum absolute atomic E-state index is 0.124. The maximum Gasteiger partial charge on any atom is 0.270 e. The van der Waals surface area contributed by atoms with Crippen LogP contribution in [0.25, 0.3) is 0 Å². The van der Waals surface area contributed by atoms with Crippen molar-refractivity contribution >= 4 is 28.8 Å². The van der Waals surface area contributed by atoms with Gasteiger partial charge in [0.1, 0.15) is 10.7 Å². The number of carbonyl (C=O) groups excluding carboxylic acids is 2. The molecule has 0 aliphatic rings. The van der Waals surface area contributed by atoms with E-state index in [0.29, 0.717) is 23.8 Å². The fourth-order valence-electron chi connectivity index (χ4n) is 2.44. The first kappa shape index (κ1) is 20.5. The van der Waals surface area contributed by atoms with Gasteiger partial charge in [0.15, 0.2) is 0 Å². The van der Waals surface area contributed by atoms with Crippen LogP contribution >= 0.6 is 11.3 Å². The van der Waals surface area contributed by atoms with E-state index in [4.69, 9.17) is 0 Å². The van der Waals surface area contributed by atoms with Gasteiger partial charge >= 0.3 is 0 Å². The molecule has 2 rings (SSSR count). The zero-order valence-corrected chi connectivity index (χ0v) is 16.1. The molecule has 0 saturated carbocycles. The molecule has 2 aromatic rings. The molecule has 0 fully saturated rings. The highest BCUT2D eigenvalue weighted by molar-refractivity contribution is 7.09. The summed E-state index contributed by atoms with van der Waals surface area (Å²) in [6, 6.07) is 5.68. The lowest BCUT2D eigenvalue weighted by Gasteiger charge is -2.21. The Morgan fingerprint density at radius 2 is 2.07 bits per heavy atom. The number of amides is 2. The second-order valence-electron chi connectivity index (χ2n) is 5.92. The van der Waals surface area contributed by atoms with Gasteiger partial charge in [0.25, 0.3) is 17.5 Å². The van der Waals surface area contributed by atoms with Gasteiger partial charge in [0.2, 0.25) is 0 Å². The highest BCUT2D eigenvalue weighted by Crippen LogP contribution is 2.18. The minimum Gasteiger partial charge on any atom is -0.351 e. The summed E-state index contributed by atoms with van der Waals surface area (Å²) in [6.45, 7) is 5.23. The van der Waals surface area contributed by atoms with E-state index >= 15 is 0 Å². The van der Waals surface area contributed by atoms with Gasteiger partial charge in [-0.2, -0.15) is 0 Å². The summed E-state index contributed by atoms with van der Waals surface area (Å²) in [5, 5.41) is 16.0. The summed E-state index contributed by atoms with van der Waals surface area (Å²) in [7, 11) is 0. The van der Waals surface area contributed by atoms with Crippen LogP contribution in [0.5, 0.6) is 0 Å². The number of carbonyl (C=O) groups is 2. The van der Waals surface area contributed by atoms with Crippen molar-refractivity contribution in [3.63, 3.8) is 0 Å². The molecule has 9 heteroatoms. The van der Waals surface area contributed by atoms with Crippen molar-refractivity contribution in [2.24, 2.45) is 0 Å². The highest BCUT2D eigenvalue weighted by atomic mass is 32.1. The molecule has 144 valence electrons. The molecule has 0 aliphatic carbocycles. The van der Waals surface area contributed by atoms with Crippen molar-refractivity contribution in [2.45, 2.75) is 33.2 Å². The number of nitrogens with one attached hydrogen (secondary N) is 1. The van der Waals surface area contributed by atoms with Gasteiger partial charge in [0, 0.05) is 36.2 Å². The van der Waals surface area contributed by atoms with Crippen molar-refractivity contribution in [1.29, 1.82) is 0 Å². The van der Waals surface area contributed by atoms with Crippen molar-refractivity contribution in [1.82, 2.24) is 15.2 Å². The van der Waals surface area contributed by atoms with Gasteiger partial charge in [0.05, 0.1) is 11.5 Å². The summed E-state index contributed by atoms with van der Waals surface area (Å²) in [5.74, 6) is -0.529. The predicted octanol–water partition coefficient (Wildman–Crippen LogP) is 3.24. The Morgan fingerprint density at radius 1 is 1.30 bits per heavy atom. The minimum atomic E-state index is -0.525. The fourth-order valence-corrected chi connectivity index (χ4v) is 3.23. The summed E-state index contributed by atoms with van der Waals surface area (Å²) in [5.41, 5.74) is 0.472. The summed E-state index contributed by atoms with van der Waals surface area (Å²) in [4.78, 5) is 41.1. The summed E-state index contributed by atoms with van der Waals surface area (Å²) >= 11 is 1.31. The summed E-state index contributed by atoms with van der Waals surface area (Å²) < 4.78 is 0. The van der Waals surface area contributed by atoms with E-state index in [1.807, 2.05) is 13.8 Å². The van der Waals surface area contributed by atoms with Crippen molar-refractivity contribution in [2.75, 3.05) is 13.1 Å². The number of aromatic nitrogens is 1. The lowest BCUT2D eigenvalue weighted by atomic mass is 10.1. The van der Waals surface area contributed by atoms with Crippen LogP contribution < -0.4 is 5.32 Å². The van der Waals surface area contributed by atoms with Crippen molar-refractivity contribution < 1.29 is 14.5 Å². The smallest absolute Gasteiger partial charge is 0.270 e. The van der Waals surface area contributed by atoms with Crippen LogP contribution in [-0.2, 0) is 6.54 Å². The molecule has 27 heavy (non-hydrogen) atoms. The molecule has 0 aliphatic heterocycles. The maximum atomic E-state index is 12.8. The third kappa shape index (κ3) is 5.58. The second-order valence-corrected chi connectivity index (χ2v) is 6.86. The van der Waals surface area contributed by atoms with Crippen LogP contribution in [0.3, 0.4) is 0 Å². The zero-order chi connectivity index (χ0) is 19.8. The van der Waals surface area contributed by atoms with E-state index in [-0.39, 0.29) is 29.6 Å². The van der Waals surface area contributed by atoms with Gasteiger partial charge in [-0.25, -0.2) is 4.98 Å². The van der Waals surface area contributed by atoms with Crippen LogP contribution in [-0.4, -0.2) is 39.7 Å². The topological polar surface area (TPSA) is 105 Å². The molecule has 1 aromatic carbocycles. The molecule has 0 bridgehead atoms. The highest BCUT2D eigenvalue weighted by Gasteiger charge is 2.20. The van der Waals surface area contributed by atoms with Crippen LogP contribution in [0, 0.1) is 10.1 Å². The molecule has 0 saturated heterocycles. The number of rotatable bonds is 9. The molecule has 1 N–H and O–H groups in total. The van der Waals surface area contributed by atoms with Crippen LogP contribution in [0.4, 0.5) is 5.69 Å². The molecule has 0 atom stereocenters. The Bertz CT molecular complexity index is 821. The quantitative estimate of drug-likeness (QED) is 0.523. The van der Waals surface area contributed by atoms with Gasteiger partial charge in [-0.05, 0) is 18.9 Å². The first-order valence-corrected chi connectivity index (χ1v) is 9.60. The van der Waals surface area contributed by atoms with E-state index in [9.17, 15) is 19.7 Å². The van der Waals surface area contributed by atoms with E-state index in [0.717, 1.165) is 12.8 Å². The molecule has 0 radical (unpaired) electrons. The maximum absolute atomic E-state index is 12.8. The predicted molar refractivity (Wildman–Crippen MR) is 103 cm³/mol. The number of thiazole rings is 1. The Hall–Kier alpha value is -2.81. The monoisotopic (exact) mass is 390 g/mol. The fraction of sp³-hybridized carbons (Fsp3) is 0.389. The lowest BCUT2D eigenvalue weighted by Crippen LogP contribution is -2.31. The lowest BCUT2D eigenvalue weighted by molar-refractivity contribution is -0.384. The Balaban J connectivity index is 2.14. The normalized spacial score (nSPS) is 10.4. The van der Waals surface area contributed by atoms with E-state index in [1.54, 1.807) is 16.3 Å². The number of benzene rings is 1. The van der Waals surface area contributed by atoms with Crippen LogP contribution in [0.15, 0.2) is 29.6 Å². The average molecular weight is 390 g/mol. The van der Waals surface area contributed by atoms with Crippen molar-refractivity contribution in [3.05, 3.63) is 56.0 Å². The van der Waals surface area contributed by atoms with E-state index in [2.05, 4.69) is 10.3 Å². The largest absolute Gasteiger partial charge is 0.351 e. The number of nitro benzene ring substituents is 1. The molecular weight excluding hydrogens is 368 g/mol. The number of non-ortho nitro benzene ring substituents is 1. The molecule has 0 spiro atoms. The molecule has 1 heterocycles. The van der Waals surface area contributed by atoms with Crippen molar-refractivity contribution in [3.8, 4) is 0 Å². The van der Waals surface area contributed by atoms with Crippen LogP contribution in [0.2, 0.25) is 0 Å². The van der Waals surface area contributed by atoms with Gasteiger partial charge in [-0.1, -0.05) is 19.9 Å². The number of nitrogens with zero attached hydrogens (tertiary/aromatic N) is 3. The van der Waals surface area contributed by atoms with Crippen LogP contribution in [0.1, 0.15) is 52.5 Å². The molecule has 1 aromatic heterocycles. The number of hydrogen-bond acceptors (Lipinski definition) is 6. The number of nitro groups is 1. The number of hydrogen-bond donors (Lipinski definition) is 1. The Morgan fingerprint density at radius 3 is 2.74 bits per heavy atom. The van der Waals surface area contributed by atoms with Gasteiger partial charge in [-0.15, -0.1) is 11.3 Å². The third-order valence-electron chi connectivity index (χ3n) is 3.73. The Labute approximate surface area is 161 Å².